The van der Waals surface area contributed by atoms with Crippen molar-refractivity contribution in [3.8, 4) is 22.6 Å². The number of allylic oxidation sites excluding steroid dienone is 2. The number of hydrogen-bond acceptors (Lipinski definition) is 3. The van der Waals surface area contributed by atoms with Gasteiger partial charge in [0.2, 0.25) is 0 Å². The van der Waals surface area contributed by atoms with E-state index in [9.17, 15) is 0 Å². The predicted octanol–water partition coefficient (Wildman–Crippen LogP) is 8.98. The Morgan fingerprint density at radius 1 is 0.925 bits per heavy atom. The van der Waals surface area contributed by atoms with Gasteiger partial charge >= 0.3 is 0 Å². The Morgan fingerprint density at radius 2 is 1.77 bits per heavy atom. The van der Waals surface area contributed by atoms with Crippen LogP contribution in [0.1, 0.15) is 50.7 Å². The van der Waals surface area contributed by atoms with Crippen molar-refractivity contribution < 1.29 is 20.1 Å². The van der Waals surface area contributed by atoms with Crippen LogP contribution in [0, 0.1) is 18.1 Å². The van der Waals surface area contributed by atoms with Crippen LogP contribution < -0.4 is 0 Å². The average Bonchev–Trinajstić information content (AvgIpc) is 3.64. The first-order valence-corrected chi connectivity index (χ1v) is 14.7. The van der Waals surface area contributed by atoms with E-state index in [0.29, 0.717) is 0 Å². The third-order valence-electron chi connectivity index (χ3n) is 8.19. The minimum atomic E-state index is 0. The number of fused-ring (bicyclic) bond motifs is 3. The van der Waals surface area contributed by atoms with Gasteiger partial charge in [0.05, 0.1) is 16.9 Å². The zero-order valence-corrected chi connectivity index (χ0v) is 26.0. The summed E-state index contributed by atoms with van der Waals surface area (Å²) in [4.78, 5) is 10.6. The molecule has 40 heavy (non-hydrogen) atoms. The molecule has 0 spiro atoms. The van der Waals surface area contributed by atoms with Gasteiger partial charge in [0.1, 0.15) is 0 Å². The Morgan fingerprint density at radius 3 is 2.60 bits per heavy atom. The molecule has 0 N–H and O–H groups in total. The number of aromatic nitrogens is 3. The van der Waals surface area contributed by atoms with Crippen LogP contribution in [0.15, 0.2) is 90.0 Å². The molecule has 1 saturated carbocycles. The fourth-order valence-corrected chi connectivity index (χ4v) is 7.61. The van der Waals surface area contributed by atoms with Crippen molar-refractivity contribution in [2.75, 3.05) is 0 Å². The van der Waals surface area contributed by atoms with Crippen LogP contribution in [0.25, 0.3) is 39.3 Å². The molecule has 1 radical (unpaired) electrons. The number of benzene rings is 3. The van der Waals surface area contributed by atoms with Crippen LogP contribution in [-0.4, -0.2) is 14.5 Å². The van der Waals surface area contributed by atoms with Crippen LogP contribution >= 0.6 is 11.8 Å². The molecule has 5 heteroatoms. The Balaban J connectivity index is 0.000000150. The summed E-state index contributed by atoms with van der Waals surface area (Å²) in [6.07, 6.45) is 9.72. The third kappa shape index (κ3) is 4.79. The van der Waals surface area contributed by atoms with Gasteiger partial charge < -0.3 is 9.55 Å². The van der Waals surface area contributed by atoms with E-state index in [0.717, 1.165) is 40.6 Å². The van der Waals surface area contributed by atoms with E-state index in [1.807, 2.05) is 42.2 Å². The molecule has 0 amide bonds. The molecule has 1 fully saturated rings. The summed E-state index contributed by atoms with van der Waals surface area (Å²) in [6.45, 7) is 5.43. The Kier molecular flexibility index (Phi) is 7.56. The van der Waals surface area contributed by atoms with Crippen molar-refractivity contribution >= 4 is 28.4 Å². The molecule has 0 unspecified atom stereocenters. The van der Waals surface area contributed by atoms with Gasteiger partial charge in [-0.05, 0) is 41.4 Å². The van der Waals surface area contributed by atoms with Crippen LogP contribution in [0.4, 0.5) is 0 Å². The number of pyridine rings is 1. The number of imidazole rings is 1. The largest absolute Gasteiger partial charge is 0.360 e. The quantitative estimate of drug-likeness (QED) is 0.171. The number of thioether (sulfide) groups is 1. The topological polar surface area (TPSA) is 30.7 Å². The number of nitrogens with zero attached hydrogens (tertiary/aromatic N) is 3. The summed E-state index contributed by atoms with van der Waals surface area (Å²) < 4.78 is 2.46. The van der Waals surface area contributed by atoms with Crippen molar-refractivity contribution in [2.45, 2.75) is 55.7 Å². The van der Waals surface area contributed by atoms with E-state index in [1.54, 1.807) is 5.57 Å². The maximum atomic E-state index is 4.91. The molecule has 2 aromatic heterocycles. The Hall–Kier alpha value is -2.98. The van der Waals surface area contributed by atoms with Crippen molar-refractivity contribution in [2.24, 2.45) is 5.92 Å². The molecule has 8 rings (SSSR count). The van der Waals surface area contributed by atoms with E-state index in [4.69, 9.17) is 4.98 Å². The Bertz CT molecular complexity index is 1700. The number of rotatable bonds is 2. The standard InChI is InChI=1S/C21H19N2.C14H12NS.Ir/c1-2-9-16(10-3-1)21-22-19-12-6-11-18-17(15-7-4-5-8-15)13-14-23(21)20(18)19;1-14(2)11-7-4-3-6-10(11)13-12(16-14)8-5-9-15-13;/h1-3,6,9,11-13,15H,4-5,7-8,14H2;3-5,7-9H,1-2H3;/q2*-1;. The summed E-state index contributed by atoms with van der Waals surface area (Å²) >= 11 is 1.87. The van der Waals surface area contributed by atoms with Crippen molar-refractivity contribution in [3.63, 3.8) is 0 Å². The summed E-state index contributed by atoms with van der Waals surface area (Å²) in [6, 6.07) is 31.7. The second-order valence-electron chi connectivity index (χ2n) is 11.1. The summed E-state index contributed by atoms with van der Waals surface area (Å²) in [5, 5.41) is 0. The summed E-state index contributed by atoms with van der Waals surface area (Å²) in [5.74, 6) is 1.78. The zero-order valence-electron chi connectivity index (χ0n) is 22.8. The average molecular weight is 718 g/mol. The minimum absolute atomic E-state index is 0. The number of para-hydroxylation sites is 1. The molecule has 0 atom stereocenters. The smallest absolute Gasteiger partial charge is 0.0777 e. The van der Waals surface area contributed by atoms with E-state index < -0.39 is 0 Å². The first-order chi connectivity index (χ1) is 19.1. The van der Waals surface area contributed by atoms with Crippen LogP contribution in [0.3, 0.4) is 0 Å². The van der Waals surface area contributed by atoms with Crippen LogP contribution in [0.2, 0.25) is 0 Å². The van der Waals surface area contributed by atoms with Gasteiger partial charge in [-0.2, -0.15) is 0 Å². The van der Waals surface area contributed by atoms with Gasteiger partial charge in [0, 0.05) is 48.9 Å². The van der Waals surface area contributed by atoms with Crippen LogP contribution in [0.5, 0.6) is 0 Å². The zero-order chi connectivity index (χ0) is 26.4. The first kappa shape index (κ1) is 27.2. The molecular formula is C35H31IrN3S-2. The monoisotopic (exact) mass is 718 g/mol. The Labute approximate surface area is 254 Å². The maximum absolute atomic E-state index is 4.91. The van der Waals surface area contributed by atoms with Gasteiger partial charge in [-0.25, -0.2) is 0 Å². The van der Waals surface area contributed by atoms with Gasteiger partial charge in [-0.15, -0.1) is 83.0 Å². The molecule has 0 saturated heterocycles. The number of hydrogen-bond donors (Lipinski definition) is 0. The van der Waals surface area contributed by atoms with Crippen molar-refractivity contribution in [1.29, 1.82) is 0 Å². The molecule has 1 aliphatic carbocycles. The van der Waals surface area contributed by atoms with Crippen molar-refractivity contribution in [1.82, 2.24) is 14.5 Å². The predicted molar refractivity (Wildman–Crippen MR) is 161 cm³/mol. The molecule has 3 aromatic carbocycles. The molecule has 5 aromatic rings. The second-order valence-corrected chi connectivity index (χ2v) is 12.7. The summed E-state index contributed by atoms with van der Waals surface area (Å²) in [7, 11) is 0. The second kappa shape index (κ2) is 11.1. The normalized spacial score (nSPS) is 16.7. The molecular weight excluding hydrogens is 687 g/mol. The molecule has 2 aliphatic heterocycles. The first-order valence-electron chi connectivity index (χ1n) is 13.9. The van der Waals surface area contributed by atoms with E-state index >= 15 is 0 Å². The van der Waals surface area contributed by atoms with Gasteiger partial charge in [-0.1, -0.05) is 51.0 Å². The molecule has 4 heterocycles. The molecule has 3 aliphatic rings. The van der Waals surface area contributed by atoms with Crippen LogP contribution in [-0.2, 0) is 31.4 Å². The maximum Gasteiger partial charge on any atom is 0.0777 e. The third-order valence-corrected chi connectivity index (χ3v) is 9.47. The molecule has 3 nitrogen and oxygen atoms in total. The minimum Gasteiger partial charge on any atom is -0.360 e. The van der Waals surface area contributed by atoms with Gasteiger partial charge in [0.15, 0.2) is 0 Å². The van der Waals surface area contributed by atoms with Gasteiger partial charge in [0.25, 0.3) is 0 Å². The SMILES string of the molecule is CC1(C)Sc2cccnc2-c2[c-]cccc21.[Ir].[c-]1ccccc1-c1nc2cccc3c2n1CC=C3C1CCCC1. The fourth-order valence-electron chi connectivity index (χ4n) is 6.38. The van der Waals surface area contributed by atoms with Crippen molar-refractivity contribution in [3.05, 3.63) is 108 Å². The van der Waals surface area contributed by atoms with E-state index in [-0.39, 0.29) is 24.9 Å². The van der Waals surface area contributed by atoms with E-state index in [1.165, 1.54) is 47.2 Å². The molecule has 0 bridgehead atoms. The fraction of sp³-hybridized carbons (Fsp3) is 0.257. The van der Waals surface area contributed by atoms with E-state index in [2.05, 4.69) is 90.1 Å². The van der Waals surface area contributed by atoms with Gasteiger partial charge in [-0.3, -0.25) is 4.98 Å². The molecule has 203 valence electrons. The summed E-state index contributed by atoms with van der Waals surface area (Å²) in [5.41, 5.74) is 10.0.